The molecule has 0 aliphatic carbocycles. The SMILES string of the molecule is CCCCOc1ccc(/C=N\n2c(C)n[nH]c2=S)cc1OCC. The van der Waals surface area contributed by atoms with E-state index in [9.17, 15) is 0 Å². The molecule has 0 atom stereocenters. The molecule has 0 unspecified atom stereocenters. The van der Waals surface area contributed by atoms with Crippen molar-refractivity contribution in [3.05, 3.63) is 34.4 Å². The van der Waals surface area contributed by atoms with E-state index >= 15 is 0 Å². The highest BCUT2D eigenvalue weighted by Gasteiger charge is 2.06. The Balaban J connectivity index is 2.19. The summed E-state index contributed by atoms with van der Waals surface area (Å²) in [4.78, 5) is 0. The van der Waals surface area contributed by atoms with E-state index in [-0.39, 0.29) is 0 Å². The summed E-state index contributed by atoms with van der Waals surface area (Å²) in [6.45, 7) is 7.18. The summed E-state index contributed by atoms with van der Waals surface area (Å²) in [6.07, 6.45) is 3.84. The van der Waals surface area contributed by atoms with Crippen LogP contribution in [0, 0.1) is 11.7 Å². The van der Waals surface area contributed by atoms with Crippen LogP contribution in [-0.2, 0) is 0 Å². The number of hydrogen-bond acceptors (Lipinski definition) is 5. The van der Waals surface area contributed by atoms with Crippen molar-refractivity contribution in [1.29, 1.82) is 0 Å². The van der Waals surface area contributed by atoms with Crippen LogP contribution in [0.25, 0.3) is 0 Å². The molecule has 2 aromatic rings. The molecule has 124 valence electrons. The largest absolute Gasteiger partial charge is 0.490 e. The Morgan fingerprint density at radius 1 is 1.30 bits per heavy atom. The minimum absolute atomic E-state index is 0.461. The lowest BCUT2D eigenvalue weighted by Gasteiger charge is -2.12. The highest BCUT2D eigenvalue weighted by atomic mass is 32.1. The molecule has 23 heavy (non-hydrogen) atoms. The molecule has 0 aliphatic rings. The highest BCUT2D eigenvalue weighted by Crippen LogP contribution is 2.28. The zero-order valence-electron chi connectivity index (χ0n) is 13.7. The molecule has 0 amide bonds. The average molecular weight is 334 g/mol. The van der Waals surface area contributed by atoms with Gasteiger partial charge in [0.2, 0.25) is 4.77 Å². The predicted octanol–water partition coefficient (Wildman–Crippen LogP) is 3.71. The molecule has 0 saturated carbocycles. The molecule has 6 nitrogen and oxygen atoms in total. The molecule has 0 spiro atoms. The minimum Gasteiger partial charge on any atom is -0.490 e. The fourth-order valence-electron chi connectivity index (χ4n) is 1.95. The van der Waals surface area contributed by atoms with Crippen LogP contribution in [0.2, 0.25) is 0 Å². The van der Waals surface area contributed by atoms with Crippen molar-refractivity contribution in [1.82, 2.24) is 14.9 Å². The predicted molar refractivity (Wildman–Crippen MR) is 93.2 cm³/mol. The van der Waals surface area contributed by atoms with Gasteiger partial charge in [-0.3, -0.25) is 5.10 Å². The minimum atomic E-state index is 0.461. The van der Waals surface area contributed by atoms with E-state index in [2.05, 4.69) is 22.2 Å². The summed E-state index contributed by atoms with van der Waals surface area (Å²) in [6, 6.07) is 5.75. The number of ether oxygens (including phenoxy) is 2. The zero-order valence-corrected chi connectivity index (χ0v) is 14.5. The van der Waals surface area contributed by atoms with Crippen molar-refractivity contribution in [2.75, 3.05) is 13.2 Å². The fourth-order valence-corrected chi connectivity index (χ4v) is 2.17. The molecule has 2 rings (SSSR count). The quantitative estimate of drug-likeness (QED) is 0.454. The van der Waals surface area contributed by atoms with Gasteiger partial charge in [-0.2, -0.15) is 14.9 Å². The van der Waals surface area contributed by atoms with Gasteiger partial charge in [0, 0.05) is 0 Å². The summed E-state index contributed by atoms with van der Waals surface area (Å²) in [5.74, 6) is 2.18. The lowest BCUT2D eigenvalue weighted by atomic mass is 10.2. The second-order valence-electron chi connectivity index (χ2n) is 4.97. The maximum absolute atomic E-state index is 5.77. The Bertz CT molecular complexity index is 721. The van der Waals surface area contributed by atoms with Crippen molar-refractivity contribution in [2.45, 2.75) is 33.6 Å². The van der Waals surface area contributed by atoms with Crippen LogP contribution in [0.3, 0.4) is 0 Å². The Kier molecular flexibility index (Phi) is 6.34. The Labute approximate surface area is 141 Å². The van der Waals surface area contributed by atoms with Crippen molar-refractivity contribution >= 4 is 18.4 Å². The van der Waals surface area contributed by atoms with Crippen molar-refractivity contribution < 1.29 is 9.47 Å². The third-order valence-corrected chi connectivity index (χ3v) is 3.42. The summed E-state index contributed by atoms with van der Waals surface area (Å²) in [5, 5.41) is 11.1. The van der Waals surface area contributed by atoms with Crippen LogP contribution in [0.4, 0.5) is 0 Å². The van der Waals surface area contributed by atoms with Gasteiger partial charge in [-0.1, -0.05) is 13.3 Å². The monoisotopic (exact) mass is 334 g/mol. The van der Waals surface area contributed by atoms with Gasteiger partial charge in [-0.05, 0) is 56.2 Å². The van der Waals surface area contributed by atoms with Crippen LogP contribution in [0.15, 0.2) is 23.3 Å². The maximum Gasteiger partial charge on any atom is 0.216 e. The lowest BCUT2D eigenvalue weighted by molar-refractivity contribution is 0.272. The first kappa shape index (κ1) is 17.2. The first-order valence-electron chi connectivity index (χ1n) is 7.73. The summed E-state index contributed by atoms with van der Waals surface area (Å²) in [5.41, 5.74) is 0.902. The second kappa shape index (κ2) is 8.47. The van der Waals surface area contributed by atoms with Gasteiger partial charge >= 0.3 is 0 Å². The molecule has 1 aromatic carbocycles. The normalized spacial score (nSPS) is 11.1. The molecule has 0 aliphatic heterocycles. The van der Waals surface area contributed by atoms with E-state index in [4.69, 9.17) is 21.7 Å². The van der Waals surface area contributed by atoms with E-state index in [1.54, 1.807) is 10.9 Å². The molecule has 1 N–H and O–H groups in total. The number of H-pyrrole nitrogens is 1. The number of aromatic amines is 1. The summed E-state index contributed by atoms with van der Waals surface area (Å²) < 4.78 is 13.5. The molecular formula is C16H22N4O2S. The fraction of sp³-hybridized carbons (Fsp3) is 0.438. The van der Waals surface area contributed by atoms with E-state index < -0.39 is 0 Å². The summed E-state index contributed by atoms with van der Waals surface area (Å²) >= 11 is 5.12. The number of nitrogens with one attached hydrogen (secondary N) is 1. The van der Waals surface area contributed by atoms with Crippen LogP contribution in [0.1, 0.15) is 38.1 Å². The molecule has 1 heterocycles. The summed E-state index contributed by atoms with van der Waals surface area (Å²) in [7, 11) is 0. The van der Waals surface area contributed by atoms with Crippen LogP contribution >= 0.6 is 12.2 Å². The van der Waals surface area contributed by atoms with Gasteiger partial charge in [0.1, 0.15) is 5.82 Å². The van der Waals surface area contributed by atoms with Crippen LogP contribution < -0.4 is 9.47 Å². The molecule has 1 aromatic heterocycles. The Morgan fingerprint density at radius 3 is 2.78 bits per heavy atom. The first-order chi connectivity index (χ1) is 11.2. The van der Waals surface area contributed by atoms with E-state index in [1.165, 1.54) is 0 Å². The Hall–Kier alpha value is -2.15. The lowest BCUT2D eigenvalue weighted by Crippen LogP contribution is -2.01. The molecule has 7 heteroatoms. The Morgan fingerprint density at radius 2 is 2.13 bits per heavy atom. The highest BCUT2D eigenvalue weighted by molar-refractivity contribution is 7.71. The standard InChI is InChI=1S/C16H22N4O2S/c1-4-6-9-22-14-8-7-13(10-15(14)21-5-2)11-17-20-12(3)18-19-16(20)23/h7-8,10-11H,4-6,9H2,1-3H3,(H,19,23)/b17-11-. The number of unbranched alkanes of at least 4 members (excludes halogenated alkanes) is 1. The number of aryl methyl sites for hydroxylation is 1. The smallest absolute Gasteiger partial charge is 0.216 e. The van der Waals surface area contributed by atoms with Crippen molar-refractivity contribution in [2.24, 2.45) is 5.10 Å². The van der Waals surface area contributed by atoms with E-state index in [1.807, 2.05) is 32.0 Å². The van der Waals surface area contributed by atoms with Gasteiger partial charge in [0.05, 0.1) is 19.4 Å². The molecule has 0 fully saturated rings. The number of benzene rings is 1. The van der Waals surface area contributed by atoms with Gasteiger partial charge in [0.15, 0.2) is 11.5 Å². The first-order valence-corrected chi connectivity index (χ1v) is 8.14. The zero-order chi connectivity index (χ0) is 16.7. The van der Waals surface area contributed by atoms with Gasteiger partial charge in [-0.25, -0.2) is 0 Å². The number of aromatic nitrogens is 3. The van der Waals surface area contributed by atoms with Gasteiger partial charge in [0.25, 0.3) is 0 Å². The maximum atomic E-state index is 5.77. The van der Waals surface area contributed by atoms with Crippen LogP contribution in [-0.4, -0.2) is 34.3 Å². The van der Waals surface area contributed by atoms with Crippen molar-refractivity contribution in [3.63, 3.8) is 0 Å². The van der Waals surface area contributed by atoms with Gasteiger partial charge in [-0.15, -0.1) is 0 Å². The topological polar surface area (TPSA) is 64.4 Å². The molecule has 0 bridgehead atoms. The van der Waals surface area contributed by atoms with E-state index in [0.29, 0.717) is 23.8 Å². The third-order valence-electron chi connectivity index (χ3n) is 3.16. The van der Waals surface area contributed by atoms with Crippen LogP contribution in [0.5, 0.6) is 11.5 Å². The second-order valence-corrected chi connectivity index (χ2v) is 5.36. The number of hydrogen-bond donors (Lipinski definition) is 1. The van der Waals surface area contributed by atoms with E-state index in [0.717, 1.165) is 29.9 Å². The number of nitrogens with zero attached hydrogens (tertiary/aromatic N) is 3. The van der Waals surface area contributed by atoms with Crippen molar-refractivity contribution in [3.8, 4) is 11.5 Å². The molecular weight excluding hydrogens is 312 g/mol. The number of rotatable bonds is 8. The molecule has 0 saturated heterocycles. The van der Waals surface area contributed by atoms with Gasteiger partial charge < -0.3 is 9.47 Å². The molecule has 0 radical (unpaired) electrons. The third kappa shape index (κ3) is 4.66. The average Bonchev–Trinajstić information content (AvgIpc) is 2.86.